The Kier molecular flexibility index (Phi) is 17.5. The molecule has 0 saturated carbocycles. The molecule has 0 radical (unpaired) electrons. The zero-order valence-corrected chi connectivity index (χ0v) is 35.1. The normalized spacial score (nSPS) is 13.6. The second-order valence-electron chi connectivity index (χ2n) is 15.1. The number of unbranched alkanes of at least 4 members (excludes halogenated alkanes) is 1. The molecule has 0 spiro atoms. The van der Waals surface area contributed by atoms with Gasteiger partial charge >= 0.3 is 6.03 Å². The number of amides is 7. The Balaban J connectivity index is 1.35. The van der Waals surface area contributed by atoms with E-state index in [-0.39, 0.29) is 32.2 Å². The molecule has 0 unspecified atom stereocenters. The first kappa shape index (κ1) is 46.8. The number of hydrogen-bond acceptors (Lipinski definition) is 9. The van der Waals surface area contributed by atoms with Crippen LogP contribution in [-0.2, 0) is 43.2 Å². The van der Waals surface area contributed by atoms with Crippen molar-refractivity contribution in [2.75, 3.05) is 13.1 Å². The van der Waals surface area contributed by atoms with E-state index in [1.165, 1.54) is 19.4 Å². The molecule has 3 aromatic carbocycles. The molecular formula is C45H56N12O6. The number of imidazole rings is 1. The number of aromatic amines is 2. The molecule has 5 aromatic rings. The van der Waals surface area contributed by atoms with Crippen molar-refractivity contribution in [1.29, 1.82) is 0 Å². The lowest BCUT2D eigenvalue weighted by atomic mass is 10.0. The summed E-state index contributed by atoms with van der Waals surface area (Å²) in [4.78, 5) is 91.6. The highest BCUT2D eigenvalue weighted by molar-refractivity contribution is 5.96. The second kappa shape index (κ2) is 23.6. The first-order valence-electron chi connectivity index (χ1n) is 20.7. The van der Waals surface area contributed by atoms with E-state index in [1.54, 1.807) is 42.6 Å². The Bertz CT molecular complexity index is 2300. The van der Waals surface area contributed by atoms with Gasteiger partial charge in [0.25, 0.3) is 5.91 Å². The third-order valence-electron chi connectivity index (χ3n) is 10.2. The van der Waals surface area contributed by atoms with Gasteiger partial charge in [-0.05, 0) is 55.5 Å². The summed E-state index contributed by atoms with van der Waals surface area (Å²) in [5.74, 6) is -3.47. The number of urea groups is 1. The lowest BCUT2D eigenvalue weighted by molar-refractivity contribution is -0.133. The van der Waals surface area contributed by atoms with Gasteiger partial charge in [0.1, 0.15) is 24.2 Å². The van der Waals surface area contributed by atoms with Gasteiger partial charge in [-0.25, -0.2) is 14.8 Å². The molecule has 0 aliphatic carbocycles. The highest BCUT2D eigenvalue weighted by Gasteiger charge is 2.32. The number of primary amides is 1. The average molecular weight is 861 g/mol. The van der Waals surface area contributed by atoms with Gasteiger partial charge in [0.2, 0.25) is 23.6 Å². The number of aromatic nitrogens is 3. The Labute approximate surface area is 365 Å². The standard InChI is InChI=1S/C45H56N12O6/c1-29(52-45(63)57(22-12-17-30-13-4-2-5-14-30)56-42(60)35(47)25-33-27-49-28-51-33)41(59)54-39(24-32-26-50-36-19-9-8-18-34(32)36)44(62)55-38(23-31-15-6-3-7-16-31)43(61)53-37(40(48)58)20-10-11-21-46/h2-9,12-19,26-29,35,37-39,50H,10-11,20-25,46-47H2,1H3,(H2,48,58)(H,49,51)(H,52,63)(H,53,61)(H,54,59)(H,55,62)(H,56,60)/b17-12+/t29-,35-,37-,38+,39-/m0/s1. The zero-order chi connectivity index (χ0) is 45.1. The first-order valence-corrected chi connectivity index (χ1v) is 20.7. The predicted molar refractivity (Wildman–Crippen MR) is 239 cm³/mol. The molecule has 0 aliphatic rings. The molecule has 332 valence electrons. The number of benzene rings is 3. The maximum Gasteiger partial charge on any atom is 0.337 e. The predicted octanol–water partition coefficient (Wildman–Crippen LogP) is 1.46. The van der Waals surface area contributed by atoms with E-state index in [4.69, 9.17) is 17.2 Å². The van der Waals surface area contributed by atoms with Gasteiger partial charge in [0.15, 0.2) is 0 Å². The van der Waals surface area contributed by atoms with E-state index < -0.39 is 65.8 Å². The molecule has 0 saturated heterocycles. The third-order valence-corrected chi connectivity index (χ3v) is 10.2. The van der Waals surface area contributed by atoms with Crippen molar-refractivity contribution in [2.45, 2.75) is 75.7 Å². The van der Waals surface area contributed by atoms with Crippen molar-refractivity contribution in [3.8, 4) is 0 Å². The maximum absolute atomic E-state index is 14.4. The number of fused-ring (bicyclic) bond motifs is 1. The minimum atomic E-state index is -1.26. The zero-order valence-electron chi connectivity index (χ0n) is 35.1. The Morgan fingerprint density at radius 3 is 2.08 bits per heavy atom. The van der Waals surface area contributed by atoms with Crippen molar-refractivity contribution in [2.24, 2.45) is 17.2 Å². The molecule has 18 heteroatoms. The van der Waals surface area contributed by atoms with Crippen LogP contribution in [0.25, 0.3) is 17.0 Å². The van der Waals surface area contributed by atoms with E-state index >= 15 is 0 Å². The minimum absolute atomic E-state index is 0.00832. The van der Waals surface area contributed by atoms with Crippen molar-refractivity contribution < 1.29 is 28.8 Å². The van der Waals surface area contributed by atoms with Crippen LogP contribution in [0, 0.1) is 0 Å². The number of hydrogen-bond donors (Lipinski definition) is 10. The summed E-state index contributed by atoms with van der Waals surface area (Å²) < 4.78 is 0. The molecule has 2 heterocycles. The largest absolute Gasteiger partial charge is 0.368 e. The first-order chi connectivity index (χ1) is 30.4. The third kappa shape index (κ3) is 14.4. The van der Waals surface area contributed by atoms with Gasteiger partial charge in [-0.15, -0.1) is 0 Å². The fourth-order valence-electron chi connectivity index (χ4n) is 6.72. The smallest absolute Gasteiger partial charge is 0.337 e. The number of H-pyrrole nitrogens is 2. The topological polar surface area (TPSA) is 288 Å². The van der Waals surface area contributed by atoms with E-state index in [1.807, 2.05) is 60.7 Å². The monoisotopic (exact) mass is 860 g/mol. The van der Waals surface area contributed by atoms with Crippen LogP contribution in [0.4, 0.5) is 4.79 Å². The quantitative estimate of drug-likeness (QED) is 0.0356. The summed E-state index contributed by atoms with van der Waals surface area (Å²) in [6.45, 7) is 1.73. The van der Waals surface area contributed by atoms with Gasteiger partial charge in [-0.3, -0.25) is 29.4 Å². The maximum atomic E-state index is 14.4. The van der Waals surface area contributed by atoms with Crippen LogP contribution in [0.15, 0.2) is 110 Å². The van der Waals surface area contributed by atoms with Crippen LogP contribution in [0.5, 0.6) is 0 Å². The molecule has 0 bridgehead atoms. The molecule has 7 amide bonds. The molecule has 5 atom stereocenters. The van der Waals surface area contributed by atoms with E-state index in [2.05, 4.69) is 41.6 Å². The minimum Gasteiger partial charge on any atom is -0.368 e. The van der Waals surface area contributed by atoms with E-state index in [0.29, 0.717) is 30.6 Å². The van der Waals surface area contributed by atoms with Crippen LogP contribution in [0.3, 0.4) is 0 Å². The summed E-state index contributed by atoms with van der Waals surface area (Å²) >= 11 is 0. The molecule has 18 nitrogen and oxygen atoms in total. The highest BCUT2D eigenvalue weighted by Crippen LogP contribution is 2.20. The molecular weight excluding hydrogens is 805 g/mol. The SMILES string of the molecule is C[C@H](NC(=O)N(C/C=C/c1ccccc1)NC(=O)[C@@H](N)Cc1cnc[nH]1)C(=O)N[C@@H](Cc1c[nH]c2ccccc12)C(=O)N[C@H](Cc1ccccc1)C(=O)N[C@@H](CCCCN)C(N)=O. The number of para-hydroxylation sites is 1. The van der Waals surface area contributed by atoms with Crippen LogP contribution < -0.4 is 43.9 Å². The van der Waals surface area contributed by atoms with Crippen LogP contribution >= 0.6 is 0 Å². The van der Waals surface area contributed by atoms with E-state index in [9.17, 15) is 28.8 Å². The number of nitrogens with two attached hydrogens (primary N) is 3. The number of carbonyl (C=O) groups is 6. The van der Waals surface area contributed by atoms with Gasteiger partial charge in [0.05, 0.1) is 18.9 Å². The Hall–Kier alpha value is -7.31. The van der Waals surface area contributed by atoms with Crippen LogP contribution in [-0.4, -0.2) is 98.8 Å². The lowest BCUT2D eigenvalue weighted by Crippen LogP contribution is -2.60. The highest BCUT2D eigenvalue weighted by atomic mass is 16.2. The van der Waals surface area contributed by atoms with Crippen molar-refractivity contribution in [3.05, 3.63) is 132 Å². The van der Waals surface area contributed by atoms with Crippen molar-refractivity contribution in [3.63, 3.8) is 0 Å². The lowest BCUT2D eigenvalue weighted by Gasteiger charge is -2.27. The number of nitrogens with one attached hydrogen (secondary N) is 7. The number of nitrogens with zero attached hydrogens (tertiary/aromatic N) is 2. The number of carbonyl (C=O) groups excluding carboxylic acids is 6. The van der Waals surface area contributed by atoms with Gasteiger partial charge in [0, 0.05) is 48.3 Å². The molecule has 0 fully saturated rings. The molecule has 63 heavy (non-hydrogen) atoms. The fourth-order valence-corrected chi connectivity index (χ4v) is 6.72. The Morgan fingerprint density at radius 2 is 1.40 bits per heavy atom. The second-order valence-corrected chi connectivity index (χ2v) is 15.1. The molecule has 2 aromatic heterocycles. The van der Waals surface area contributed by atoms with Gasteiger partial charge in [-0.1, -0.05) is 91.0 Å². The fraction of sp³-hybridized carbons (Fsp3) is 0.311. The van der Waals surface area contributed by atoms with Crippen LogP contribution in [0.2, 0.25) is 0 Å². The molecule has 5 rings (SSSR count). The summed E-state index contributed by atoms with van der Waals surface area (Å²) in [6.07, 6.45) is 9.75. The molecule has 0 aliphatic heterocycles. The summed E-state index contributed by atoms with van der Waals surface area (Å²) in [5, 5.41) is 12.7. The Morgan fingerprint density at radius 1 is 0.746 bits per heavy atom. The van der Waals surface area contributed by atoms with Gasteiger partial charge in [-0.2, -0.15) is 0 Å². The summed E-state index contributed by atoms with van der Waals surface area (Å²) in [6, 6.07) is 19.2. The van der Waals surface area contributed by atoms with Crippen molar-refractivity contribution >= 4 is 52.5 Å². The average Bonchev–Trinajstić information content (AvgIpc) is 3.95. The number of hydrazine groups is 1. The van der Waals surface area contributed by atoms with Crippen molar-refractivity contribution in [1.82, 2.24) is 46.7 Å². The summed E-state index contributed by atoms with van der Waals surface area (Å²) in [7, 11) is 0. The summed E-state index contributed by atoms with van der Waals surface area (Å²) in [5.41, 5.74) is 23.7. The number of rotatable bonds is 22. The van der Waals surface area contributed by atoms with Gasteiger partial charge < -0.3 is 48.4 Å². The van der Waals surface area contributed by atoms with E-state index in [0.717, 1.165) is 27.0 Å². The molecule has 13 N–H and O–H groups in total. The van der Waals surface area contributed by atoms with Crippen LogP contribution in [0.1, 0.15) is 48.6 Å².